The molecule has 1 saturated heterocycles. The van der Waals surface area contributed by atoms with Crippen LogP contribution in [0.1, 0.15) is 66.4 Å². The van der Waals surface area contributed by atoms with Gasteiger partial charge < -0.3 is 4.74 Å². The Morgan fingerprint density at radius 3 is 2.78 bits per heavy atom. The van der Waals surface area contributed by atoms with Crippen LogP contribution in [0.25, 0.3) is 22.3 Å². The van der Waals surface area contributed by atoms with Crippen LogP contribution in [0.15, 0.2) is 36.7 Å². The fraction of sp³-hybridized carbons (Fsp3) is 0.370. The maximum absolute atomic E-state index is 14.9. The number of aromatic nitrogens is 5. The zero-order valence-corrected chi connectivity index (χ0v) is 19.8. The summed E-state index contributed by atoms with van der Waals surface area (Å²) in [5.41, 5.74) is 4.40. The van der Waals surface area contributed by atoms with Crippen molar-refractivity contribution in [2.45, 2.75) is 57.1 Å². The van der Waals surface area contributed by atoms with Crippen LogP contribution in [-0.2, 0) is 11.2 Å². The first-order valence-electron chi connectivity index (χ1n) is 12.2. The van der Waals surface area contributed by atoms with Gasteiger partial charge in [-0.15, -0.1) is 0 Å². The number of aryl methyl sites for hydroxylation is 1. The first-order chi connectivity index (χ1) is 17.5. The van der Waals surface area contributed by atoms with Crippen LogP contribution in [0.4, 0.5) is 8.78 Å². The molecule has 4 heterocycles. The molecule has 182 valence electrons. The second-order valence-electron chi connectivity index (χ2n) is 9.54. The molecule has 7 nitrogen and oxygen atoms in total. The summed E-state index contributed by atoms with van der Waals surface area (Å²) >= 11 is 0. The van der Waals surface area contributed by atoms with Crippen molar-refractivity contribution in [1.82, 2.24) is 24.7 Å². The van der Waals surface area contributed by atoms with Crippen LogP contribution in [-0.4, -0.2) is 31.3 Å². The van der Waals surface area contributed by atoms with Gasteiger partial charge in [0, 0.05) is 41.6 Å². The Balaban J connectivity index is 1.43. The van der Waals surface area contributed by atoms with E-state index in [1.54, 1.807) is 6.92 Å². The third-order valence-corrected chi connectivity index (χ3v) is 6.99. The van der Waals surface area contributed by atoms with E-state index in [0.29, 0.717) is 47.2 Å². The lowest BCUT2D eigenvalue weighted by Gasteiger charge is -2.29. The van der Waals surface area contributed by atoms with Gasteiger partial charge in [0.15, 0.2) is 0 Å². The summed E-state index contributed by atoms with van der Waals surface area (Å²) in [5.74, 6) is -1.33. The average Bonchev–Trinajstić information content (AvgIpc) is 3.60. The molecule has 2 unspecified atom stereocenters. The Kier molecular flexibility index (Phi) is 5.69. The van der Waals surface area contributed by atoms with E-state index in [2.05, 4.69) is 22.3 Å². The van der Waals surface area contributed by atoms with Crippen molar-refractivity contribution in [3.05, 3.63) is 70.9 Å². The molecule has 1 aliphatic carbocycles. The van der Waals surface area contributed by atoms with E-state index in [1.807, 2.05) is 16.9 Å². The molecule has 0 N–H and O–H groups in total. The number of ether oxygens (including phenoxy) is 1. The van der Waals surface area contributed by atoms with Gasteiger partial charge in [-0.05, 0) is 50.8 Å². The van der Waals surface area contributed by atoms with Gasteiger partial charge in [0.25, 0.3) is 0 Å². The van der Waals surface area contributed by atoms with E-state index in [9.17, 15) is 14.0 Å². The fourth-order valence-corrected chi connectivity index (χ4v) is 4.88. The summed E-state index contributed by atoms with van der Waals surface area (Å²) in [7, 11) is 0. The molecule has 2 atom stereocenters. The number of halogens is 2. The number of fused-ring (bicyclic) bond motifs is 1. The highest BCUT2D eigenvalue weighted by Crippen LogP contribution is 2.40. The predicted octanol–water partition coefficient (Wildman–Crippen LogP) is 5.51. The smallest absolute Gasteiger partial charge is 0.135 e. The minimum atomic E-state index is -0.720. The normalized spacial score (nSPS) is 19.9. The SMILES string of the molecule is Cc1nc2cc(C3CCOC(c4cnn(C5CC5)c4)C3)nc(-c3ccc(F)cc3F)c2nc1CC#N. The van der Waals surface area contributed by atoms with Gasteiger partial charge in [0.1, 0.15) is 22.8 Å². The summed E-state index contributed by atoms with van der Waals surface area (Å²) < 4.78 is 36.7. The molecule has 1 aromatic carbocycles. The van der Waals surface area contributed by atoms with Gasteiger partial charge in [0.05, 0.1) is 47.7 Å². The third kappa shape index (κ3) is 4.22. The largest absolute Gasteiger partial charge is 0.373 e. The van der Waals surface area contributed by atoms with Crippen molar-refractivity contribution >= 4 is 11.0 Å². The molecule has 36 heavy (non-hydrogen) atoms. The lowest BCUT2D eigenvalue weighted by molar-refractivity contribution is 0.00462. The van der Waals surface area contributed by atoms with Gasteiger partial charge in [-0.25, -0.2) is 23.7 Å². The first-order valence-corrected chi connectivity index (χ1v) is 12.2. The van der Waals surface area contributed by atoms with Crippen molar-refractivity contribution in [2.24, 2.45) is 0 Å². The van der Waals surface area contributed by atoms with Crippen molar-refractivity contribution in [1.29, 1.82) is 5.26 Å². The highest BCUT2D eigenvalue weighted by atomic mass is 19.1. The molecule has 0 spiro atoms. The van der Waals surface area contributed by atoms with Crippen LogP contribution >= 0.6 is 0 Å². The molecule has 0 bridgehead atoms. The van der Waals surface area contributed by atoms with Gasteiger partial charge >= 0.3 is 0 Å². The molecule has 1 aliphatic heterocycles. The Morgan fingerprint density at radius 2 is 2.00 bits per heavy atom. The Labute approximate surface area is 206 Å². The highest BCUT2D eigenvalue weighted by Gasteiger charge is 2.30. The van der Waals surface area contributed by atoms with Crippen LogP contribution in [0.3, 0.4) is 0 Å². The van der Waals surface area contributed by atoms with Crippen LogP contribution in [0.5, 0.6) is 0 Å². The number of rotatable bonds is 5. The maximum atomic E-state index is 14.9. The van der Waals surface area contributed by atoms with Crippen LogP contribution in [0, 0.1) is 29.9 Å². The van der Waals surface area contributed by atoms with E-state index in [-0.39, 0.29) is 24.0 Å². The Morgan fingerprint density at radius 1 is 1.14 bits per heavy atom. The first kappa shape index (κ1) is 22.7. The Hall–Kier alpha value is -3.77. The van der Waals surface area contributed by atoms with Crippen LogP contribution < -0.4 is 0 Å². The molecule has 3 aromatic heterocycles. The number of hydrogen-bond acceptors (Lipinski definition) is 6. The summed E-state index contributed by atoms with van der Waals surface area (Å²) in [6, 6.07) is 7.92. The lowest BCUT2D eigenvalue weighted by atomic mass is 9.89. The van der Waals surface area contributed by atoms with Gasteiger partial charge in [-0.1, -0.05) is 0 Å². The third-order valence-electron chi connectivity index (χ3n) is 6.99. The minimum absolute atomic E-state index is 0.0561. The molecule has 0 amide bonds. The van der Waals surface area contributed by atoms with Gasteiger partial charge in [0.2, 0.25) is 0 Å². The van der Waals surface area contributed by atoms with E-state index in [0.717, 1.165) is 36.6 Å². The highest BCUT2D eigenvalue weighted by molar-refractivity contribution is 5.89. The molecular weight excluding hydrogens is 462 g/mol. The number of pyridine rings is 1. The fourth-order valence-electron chi connectivity index (χ4n) is 4.88. The topological polar surface area (TPSA) is 89.5 Å². The zero-order valence-electron chi connectivity index (χ0n) is 19.8. The molecule has 1 saturated carbocycles. The zero-order chi connectivity index (χ0) is 24.8. The molecule has 9 heteroatoms. The molecule has 4 aromatic rings. The number of benzene rings is 1. The average molecular weight is 487 g/mol. The maximum Gasteiger partial charge on any atom is 0.135 e. The van der Waals surface area contributed by atoms with E-state index >= 15 is 0 Å². The predicted molar refractivity (Wildman–Crippen MR) is 128 cm³/mol. The molecular formula is C27H24F2N6O. The van der Waals surface area contributed by atoms with E-state index < -0.39 is 11.6 Å². The summed E-state index contributed by atoms with van der Waals surface area (Å²) in [5, 5.41) is 13.7. The second kappa shape index (κ2) is 9.03. The van der Waals surface area contributed by atoms with Crippen molar-refractivity contribution in [3.63, 3.8) is 0 Å². The molecule has 6 rings (SSSR count). The minimum Gasteiger partial charge on any atom is -0.373 e. The van der Waals surface area contributed by atoms with E-state index in [4.69, 9.17) is 14.7 Å². The number of nitriles is 1. The summed E-state index contributed by atoms with van der Waals surface area (Å²) in [6.45, 7) is 2.37. The quantitative estimate of drug-likeness (QED) is 0.369. The number of nitrogens with zero attached hydrogens (tertiary/aromatic N) is 6. The number of hydrogen-bond donors (Lipinski definition) is 0. The second-order valence-corrected chi connectivity index (χ2v) is 9.54. The van der Waals surface area contributed by atoms with Crippen molar-refractivity contribution in [2.75, 3.05) is 6.61 Å². The molecule has 2 fully saturated rings. The lowest BCUT2D eigenvalue weighted by Crippen LogP contribution is -2.19. The van der Waals surface area contributed by atoms with Crippen LogP contribution in [0.2, 0.25) is 0 Å². The summed E-state index contributed by atoms with van der Waals surface area (Å²) in [6.07, 6.45) is 7.72. The Bertz CT molecular complexity index is 1510. The van der Waals surface area contributed by atoms with E-state index in [1.165, 1.54) is 12.1 Å². The van der Waals surface area contributed by atoms with Gasteiger partial charge in [-0.2, -0.15) is 10.4 Å². The monoisotopic (exact) mass is 486 g/mol. The van der Waals surface area contributed by atoms with Crippen molar-refractivity contribution in [3.8, 4) is 17.3 Å². The standard InChI is InChI=1S/C27H24F2N6O/c1-15-22(6-8-30)33-27-24(32-15)12-23(34-26(27)20-5-2-18(28)11-21(20)29)16-7-9-36-25(10-16)17-13-31-35(14-17)19-3-4-19/h2,5,11-14,16,19,25H,3-4,6-7,9-10H2,1H3. The summed E-state index contributed by atoms with van der Waals surface area (Å²) in [4.78, 5) is 14.2. The molecule has 2 aliphatic rings. The van der Waals surface area contributed by atoms with Gasteiger partial charge in [-0.3, -0.25) is 4.68 Å². The van der Waals surface area contributed by atoms with Crippen molar-refractivity contribution < 1.29 is 13.5 Å². The molecule has 0 radical (unpaired) electrons.